The van der Waals surface area contributed by atoms with E-state index < -0.39 is 12.1 Å². The highest BCUT2D eigenvalue weighted by atomic mass is 19.4. The van der Waals surface area contributed by atoms with E-state index in [0.717, 1.165) is 6.07 Å². The maximum Gasteiger partial charge on any atom is 0.573 e. The van der Waals surface area contributed by atoms with E-state index in [0.29, 0.717) is 29.7 Å². The van der Waals surface area contributed by atoms with Gasteiger partial charge in [-0.1, -0.05) is 19.9 Å². The molecule has 30 heavy (non-hydrogen) atoms. The summed E-state index contributed by atoms with van der Waals surface area (Å²) in [6.45, 7) is 5.20. The summed E-state index contributed by atoms with van der Waals surface area (Å²) >= 11 is 0. The summed E-state index contributed by atoms with van der Waals surface area (Å²) in [5.41, 5.74) is 1.85. The molecule has 10 heteroatoms. The Labute approximate surface area is 170 Å². The monoisotopic (exact) mass is 423 g/mol. The van der Waals surface area contributed by atoms with Gasteiger partial charge in [-0.2, -0.15) is 0 Å². The average molecular weight is 423 g/mol. The lowest BCUT2D eigenvalue weighted by molar-refractivity contribution is -0.274. The van der Waals surface area contributed by atoms with Crippen LogP contribution in [0.4, 0.5) is 13.2 Å². The van der Waals surface area contributed by atoms with Crippen LogP contribution in [-0.4, -0.2) is 31.1 Å². The van der Waals surface area contributed by atoms with Gasteiger partial charge < -0.3 is 19.7 Å². The molecule has 2 N–H and O–H groups in total. The highest BCUT2D eigenvalue weighted by Gasteiger charge is 2.32. The molecule has 3 rings (SSSR count). The van der Waals surface area contributed by atoms with Crippen LogP contribution in [0.3, 0.4) is 0 Å². The van der Waals surface area contributed by atoms with Gasteiger partial charge in [-0.3, -0.25) is 0 Å². The Morgan fingerprint density at radius 1 is 1.00 bits per heavy atom. The fraction of sp³-hybridized carbons (Fsp3) is 0.300. The largest absolute Gasteiger partial charge is 0.573 e. The number of aromatic hydroxyl groups is 2. The lowest BCUT2D eigenvalue weighted by atomic mass is 10.1. The zero-order chi connectivity index (χ0) is 22.1. The van der Waals surface area contributed by atoms with Crippen LogP contribution in [0, 0.1) is 6.92 Å². The molecule has 0 fully saturated rings. The Bertz CT molecular complexity index is 1020. The third kappa shape index (κ3) is 4.27. The van der Waals surface area contributed by atoms with E-state index in [1.807, 2.05) is 13.8 Å². The molecule has 0 aliphatic heterocycles. The standard InChI is InChI=1S/C20H20F3N3O4/c1-4-14-15(5-2)18(28)26(17(14)27)12-9-24-19(25-10-12)29-13-7-6-11(3)16(8-13)30-20(21,22)23/h6-10,27-28H,4-5H2,1-3H3. The van der Waals surface area contributed by atoms with E-state index in [2.05, 4.69) is 14.7 Å². The van der Waals surface area contributed by atoms with Gasteiger partial charge in [-0.15, -0.1) is 13.2 Å². The number of nitrogens with zero attached hydrogens (tertiary/aromatic N) is 3. The molecule has 0 bridgehead atoms. The van der Waals surface area contributed by atoms with Gasteiger partial charge in [0.1, 0.15) is 11.5 Å². The van der Waals surface area contributed by atoms with Crippen LogP contribution >= 0.6 is 0 Å². The summed E-state index contributed by atoms with van der Waals surface area (Å²) in [5.74, 6) is -0.535. The lowest BCUT2D eigenvalue weighted by Crippen LogP contribution is -2.17. The Morgan fingerprint density at radius 3 is 2.07 bits per heavy atom. The number of ether oxygens (including phenoxy) is 2. The number of hydrogen-bond acceptors (Lipinski definition) is 6. The van der Waals surface area contributed by atoms with Crippen molar-refractivity contribution < 1.29 is 32.9 Å². The van der Waals surface area contributed by atoms with Crippen molar-refractivity contribution in [3.05, 3.63) is 47.3 Å². The summed E-state index contributed by atoms with van der Waals surface area (Å²) in [6, 6.07) is 3.84. The minimum absolute atomic E-state index is 0.0563. The number of benzene rings is 1. The summed E-state index contributed by atoms with van der Waals surface area (Å²) in [5, 5.41) is 20.9. The van der Waals surface area contributed by atoms with Crippen LogP contribution in [0.15, 0.2) is 30.6 Å². The molecule has 0 aliphatic carbocycles. The van der Waals surface area contributed by atoms with Gasteiger partial charge in [-0.05, 0) is 31.4 Å². The second-order valence-corrected chi connectivity index (χ2v) is 6.45. The molecule has 160 valence electrons. The van der Waals surface area contributed by atoms with E-state index in [9.17, 15) is 23.4 Å². The highest BCUT2D eigenvalue weighted by Crippen LogP contribution is 2.37. The summed E-state index contributed by atoms with van der Waals surface area (Å²) in [4.78, 5) is 8.02. The van der Waals surface area contributed by atoms with Crippen molar-refractivity contribution in [2.75, 3.05) is 0 Å². The fourth-order valence-corrected chi connectivity index (χ4v) is 3.09. The number of aromatic nitrogens is 3. The molecule has 0 unspecified atom stereocenters. The zero-order valence-electron chi connectivity index (χ0n) is 16.5. The second-order valence-electron chi connectivity index (χ2n) is 6.45. The summed E-state index contributed by atoms with van der Waals surface area (Å²) in [6.07, 6.45) is -1.11. The Hall–Kier alpha value is -3.43. The molecule has 0 saturated heterocycles. The van der Waals surface area contributed by atoms with Gasteiger partial charge in [0.05, 0.1) is 18.1 Å². The molecule has 3 aromatic rings. The number of aryl methyl sites for hydroxylation is 1. The molecule has 2 heterocycles. The molecule has 1 aromatic carbocycles. The first-order valence-electron chi connectivity index (χ1n) is 9.15. The first kappa shape index (κ1) is 21.3. The first-order valence-corrected chi connectivity index (χ1v) is 9.15. The normalized spacial score (nSPS) is 11.5. The second kappa shape index (κ2) is 8.13. The van der Waals surface area contributed by atoms with Crippen LogP contribution < -0.4 is 9.47 Å². The molecule has 7 nitrogen and oxygen atoms in total. The molecule has 0 saturated carbocycles. The Morgan fingerprint density at radius 2 is 1.57 bits per heavy atom. The fourth-order valence-electron chi connectivity index (χ4n) is 3.09. The Kier molecular flexibility index (Phi) is 5.77. The van der Waals surface area contributed by atoms with Crippen molar-refractivity contribution in [1.29, 1.82) is 0 Å². The van der Waals surface area contributed by atoms with Gasteiger partial charge in [0.15, 0.2) is 0 Å². The van der Waals surface area contributed by atoms with E-state index in [1.165, 1.54) is 36.0 Å². The minimum Gasteiger partial charge on any atom is -0.494 e. The summed E-state index contributed by atoms with van der Waals surface area (Å²) in [7, 11) is 0. The minimum atomic E-state index is -4.82. The van der Waals surface area contributed by atoms with Gasteiger partial charge in [0.25, 0.3) is 0 Å². The van der Waals surface area contributed by atoms with Crippen molar-refractivity contribution in [2.24, 2.45) is 0 Å². The lowest BCUT2D eigenvalue weighted by Gasteiger charge is -2.13. The molecular weight excluding hydrogens is 403 g/mol. The number of hydrogen-bond donors (Lipinski definition) is 2. The molecular formula is C20H20F3N3O4. The predicted octanol–water partition coefficient (Wildman–Crippen LogP) is 4.80. The number of halogens is 3. The van der Waals surface area contributed by atoms with Crippen LogP contribution in [0.2, 0.25) is 0 Å². The van der Waals surface area contributed by atoms with Crippen molar-refractivity contribution in [3.63, 3.8) is 0 Å². The van der Waals surface area contributed by atoms with Gasteiger partial charge in [-0.25, -0.2) is 14.5 Å². The smallest absolute Gasteiger partial charge is 0.494 e. The molecule has 0 amide bonds. The zero-order valence-corrected chi connectivity index (χ0v) is 16.5. The SMILES string of the molecule is CCc1c(CC)c(O)n(-c2cnc(Oc3ccc(C)c(OC(F)(F)F)c3)nc2)c1O. The number of rotatable bonds is 6. The van der Waals surface area contributed by atoms with Crippen LogP contribution in [-0.2, 0) is 12.8 Å². The molecule has 0 radical (unpaired) electrons. The topological polar surface area (TPSA) is 89.6 Å². The maximum atomic E-state index is 12.5. The van der Waals surface area contributed by atoms with E-state index in [4.69, 9.17) is 4.74 Å². The van der Waals surface area contributed by atoms with Gasteiger partial charge in [0.2, 0.25) is 11.8 Å². The molecule has 0 atom stereocenters. The van der Waals surface area contributed by atoms with Crippen molar-refractivity contribution >= 4 is 0 Å². The maximum absolute atomic E-state index is 12.5. The van der Waals surface area contributed by atoms with Gasteiger partial charge in [0, 0.05) is 17.2 Å². The molecule has 2 aromatic heterocycles. The first-order chi connectivity index (χ1) is 14.1. The van der Waals surface area contributed by atoms with E-state index >= 15 is 0 Å². The van der Waals surface area contributed by atoms with Crippen LogP contribution in [0.1, 0.15) is 30.5 Å². The highest BCUT2D eigenvalue weighted by molar-refractivity contribution is 5.52. The third-order valence-corrected chi connectivity index (χ3v) is 4.50. The van der Waals surface area contributed by atoms with E-state index in [1.54, 1.807) is 0 Å². The Balaban J connectivity index is 1.86. The van der Waals surface area contributed by atoms with E-state index in [-0.39, 0.29) is 29.1 Å². The van der Waals surface area contributed by atoms with Gasteiger partial charge >= 0.3 is 12.4 Å². The van der Waals surface area contributed by atoms with Crippen LogP contribution in [0.25, 0.3) is 5.69 Å². The molecule has 0 aliphatic rings. The predicted molar refractivity (Wildman–Crippen MR) is 101 cm³/mol. The quantitative estimate of drug-likeness (QED) is 0.592. The van der Waals surface area contributed by atoms with Crippen molar-refractivity contribution in [1.82, 2.24) is 14.5 Å². The number of alkyl halides is 3. The van der Waals surface area contributed by atoms with Crippen molar-refractivity contribution in [3.8, 4) is 35.0 Å². The summed E-state index contributed by atoms with van der Waals surface area (Å²) < 4.78 is 48.1. The average Bonchev–Trinajstić information content (AvgIpc) is 2.93. The van der Waals surface area contributed by atoms with Crippen molar-refractivity contribution in [2.45, 2.75) is 40.0 Å². The third-order valence-electron chi connectivity index (χ3n) is 4.50. The van der Waals surface area contributed by atoms with Crippen LogP contribution in [0.5, 0.6) is 29.3 Å². The molecule has 0 spiro atoms.